The van der Waals surface area contributed by atoms with Gasteiger partial charge in [-0.05, 0) is 30.4 Å². The molecule has 5 heteroatoms. The third kappa shape index (κ3) is 18.0. The number of amides is 1. The number of aryl methyl sites for hydroxylation is 1. The lowest BCUT2D eigenvalue weighted by Gasteiger charge is -2.33. The van der Waals surface area contributed by atoms with Crippen molar-refractivity contribution in [1.82, 2.24) is 10.2 Å². The van der Waals surface area contributed by atoms with Crippen molar-refractivity contribution in [3.8, 4) is 0 Å². The monoisotopic (exact) mass is 572 g/mol. The molecule has 0 bridgehead atoms. The van der Waals surface area contributed by atoms with E-state index in [0.29, 0.717) is 19.4 Å². The summed E-state index contributed by atoms with van der Waals surface area (Å²) in [6.07, 6.45) is 23.5. The Bertz CT molecular complexity index is 765. The van der Waals surface area contributed by atoms with E-state index < -0.39 is 6.10 Å². The van der Waals surface area contributed by atoms with Crippen molar-refractivity contribution in [3.63, 3.8) is 0 Å². The lowest BCUT2D eigenvalue weighted by molar-refractivity contribution is -0.123. The van der Waals surface area contributed by atoms with E-state index in [1.165, 1.54) is 102 Å². The Hall–Kier alpha value is -1.43. The lowest BCUT2D eigenvalue weighted by Crippen LogP contribution is -2.53. The Morgan fingerprint density at radius 2 is 1.34 bits per heavy atom. The molecule has 0 spiro atoms. The summed E-state index contributed by atoms with van der Waals surface area (Å²) in [5.74, 6) is 0.0788. The number of carbonyl (C=O) groups is 1. The second-order valence-corrected chi connectivity index (χ2v) is 12.5. The zero-order chi connectivity index (χ0) is 29.4. The van der Waals surface area contributed by atoms with Crippen molar-refractivity contribution >= 4 is 5.91 Å². The number of nitrogens with zero attached hydrogens (tertiary/aromatic N) is 1. The fraction of sp³-hybridized carbons (Fsp3) is 0.806. The third-order valence-electron chi connectivity index (χ3n) is 8.63. The maximum atomic E-state index is 12.9. The van der Waals surface area contributed by atoms with Gasteiger partial charge in [0.1, 0.15) is 0 Å². The first-order valence-corrected chi connectivity index (χ1v) is 17.5. The van der Waals surface area contributed by atoms with Gasteiger partial charge in [0.25, 0.3) is 0 Å². The van der Waals surface area contributed by atoms with E-state index in [2.05, 4.69) is 48.3 Å². The van der Waals surface area contributed by atoms with Crippen LogP contribution in [0.1, 0.15) is 141 Å². The Balaban J connectivity index is 1.75. The number of unbranched alkanes of at least 4 members (excludes halogenated alkanes) is 15. The number of hydrogen-bond donors (Lipinski definition) is 2. The van der Waals surface area contributed by atoms with Crippen molar-refractivity contribution in [2.75, 3.05) is 32.8 Å². The first-order chi connectivity index (χ1) is 20.1. The van der Waals surface area contributed by atoms with Crippen LogP contribution >= 0.6 is 0 Å². The van der Waals surface area contributed by atoms with Gasteiger partial charge in [0.2, 0.25) is 5.91 Å². The third-order valence-corrected chi connectivity index (χ3v) is 8.63. The molecule has 1 aromatic carbocycles. The summed E-state index contributed by atoms with van der Waals surface area (Å²) in [6, 6.07) is 8.44. The predicted molar refractivity (Wildman–Crippen MR) is 174 cm³/mol. The molecule has 0 saturated carbocycles. The molecule has 1 aliphatic heterocycles. The average Bonchev–Trinajstić information content (AvgIpc) is 2.98. The van der Waals surface area contributed by atoms with Gasteiger partial charge in [0.05, 0.1) is 25.4 Å². The topological polar surface area (TPSA) is 61.8 Å². The van der Waals surface area contributed by atoms with Crippen LogP contribution in [0.5, 0.6) is 0 Å². The highest BCUT2D eigenvalue weighted by molar-refractivity contribution is 5.76. The first-order valence-electron chi connectivity index (χ1n) is 17.5. The molecule has 1 aromatic rings. The van der Waals surface area contributed by atoms with Crippen LogP contribution in [0.4, 0.5) is 0 Å². The van der Waals surface area contributed by atoms with Gasteiger partial charge in [-0.1, -0.05) is 134 Å². The number of morpholine rings is 1. The summed E-state index contributed by atoms with van der Waals surface area (Å²) in [7, 11) is 0. The number of rotatable bonds is 25. The molecule has 5 nitrogen and oxygen atoms in total. The Kier molecular flexibility index (Phi) is 21.0. The highest BCUT2D eigenvalue weighted by Gasteiger charge is 2.25. The van der Waals surface area contributed by atoms with Crippen molar-refractivity contribution < 1.29 is 14.6 Å². The number of aliphatic hydroxyl groups excluding tert-OH is 1. The smallest absolute Gasteiger partial charge is 0.220 e. The average molecular weight is 573 g/mol. The predicted octanol–water partition coefficient (Wildman–Crippen LogP) is 8.01. The molecule has 2 rings (SSSR count). The van der Waals surface area contributed by atoms with Crippen LogP contribution in [-0.2, 0) is 22.4 Å². The summed E-state index contributed by atoms with van der Waals surface area (Å²) < 4.78 is 5.52. The van der Waals surface area contributed by atoms with Gasteiger partial charge >= 0.3 is 0 Å². The highest BCUT2D eigenvalue weighted by Crippen LogP contribution is 2.16. The molecule has 236 valence electrons. The van der Waals surface area contributed by atoms with Crippen LogP contribution in [0.2, 0.25) is 0 Å². The van der Waals surface area contributed by atoms with Crippen molar-refractivity contribution in [2.24, 2.45) is 0 Å². The van der Waals surface area contributed by atoms with E-state index in [-0.39, 0.29) is 11.9 Å². The van der Waals surface area contributed by atoms with Gasteiger partial charge < -0.3 is 15.2 Å². The van der Waals surface area contributed by atoms with Crippen LogP contribution in [0.25, 0.3) is 0 Å². The summed E-state index contributed by atoms with van der Waals surface area (Å²) in [5.41, 5.74) is 2.52. The molecule has 1 saturated heterocycles. The normalized spacial score (nSPS) is 15.6. The van der Waals surface area contributed by atoms with Gasteiger partial charge in [0, 0.05) is 32.5 Å². The molecule has 2 unspecified atom stereocenters. The molecule has 0 aliphatic carbocycles. The minimum atomic E-state index is -0.608. The van der Waals surface area contributed by atoms with Crippen LogP contribution < -0.4 is 5.32 Å². The maximum Gasteiger partial charge on any atom is 0.220 e. The van der Waals surface area contributed by atoms with Gasteiger partial charge in [-0.2, -0.15) is 0 Å². The van der Waals surface area contributed by atoms with Crippen LogP contribution in [-0.4, -0.2) is 60.9 Å². The second-order valence-electron chi connectivity index (χ2n) is 12.5. The SMILES string of the molecule is CCCCCCCCCCCCCC(=O)NC(CN1CCOCC1)C(O)Cc1cccc(CCCCCCCC)c1. The van der Waals surface area contributed by atoms with Gasteiger partial charge in [-0.25, -0.2) is 0 Å². The van der Waals surface area contributed by atoms with E-state index in [9.17, 15) is 9.90 Å². The minimum Gasteiger partial charge on any atom is -0.391 e. The number of benzene rings is 1. The van der Waals surface area contributed by atoms with Crippen LogP contribution in [0.3, 0.4) is 0 Å². The highest BCUT2D eigenvalue weighted by atomic mass is 16.5. The van der Waals surface area contributed by atoms with Crippen LogP contribution in [0, 0.1) is 0 Å². The summed E-state index contributed by atoms with van der Waals surface area (Å²) in [6.45, 7) is 8.34. The van der Waals surface area contributed by atoms with Gasteiger partial charge in [-0.15, -0.1) is 0 Å². The van der Waals surface area contributed by atoms with Gasteiger partial charge in [0.15, 0.2) is 0 Å². The summed E-state index contributed by atoms with van der Waals surface area (Å²) >= 11 is 0. The number of hydrogen-bond acceptors (Lipinski definition) is 4. The van der Waals surface area contributed by atoms with Gasteiger partial charge in [-0.3, -0.25) is 9.69 Å². The fourth-order valence-corrected chi connectivity index (χ4v) is 5.96. The molecule has 1 fully saturated rings. The van der Waals surface area contributed by atoms with Crippen molar-refractivity contribution in [1.29, 1.82) is 0 Å². The standard InChI is InChI=1S/C36H64N2O3/c1-3-5-7-9-11-12-13-14-15-17-19-24-36(40)37-34(31-38-25-27-41-28-26-38)35(39)30-33-23-20-22-32(29-33)21-18-16-10-8-6-4-2/h20,22-23,29,34-35,39H,3-19,21,24-28,30-31H2,1-2H3,(H,37,40). The molecule has 2 N–H and O–H groups in total. The molecule has 41 heavy (non-hydrogen) atoms. The molecule has 1 amide bonds. The lowest BCUT2D eigenvalue weighted by atomic mass is 9.97. The van der Waals surface area contributed by atoms with Crippen molar-refractivity contribution in [3.05, 3.63) is 35.4 Å². The Morgan fingerprint density at radius 1 is 0.805 bits per heavy atom. The van der Waals surface area contributed by atoms with E-state index in [1.54, 1.807) is 0 Å². The zero-order valence-corrected chi connectivity index (χ0v) is 26.9. The van der Waals surface area contributed by atoms with E-state index in [1.807, 2.05) is 0 Å². The number of nitrogens with one attached hydrogen (secondary N) is 1. The van der Waals surface area contributed by atoms with Crippen molar-refractivity contribution in [2.45, 2.75) is 154 Å². The molecular formula is C36H64N2O3. The first kappa shape index (κ1) is 35.8. The maximum absolute atomic E-state index is 12.9. The molecule has 0 aromatic heterocycles. The van der Waals surface area contributed by atoms with E-state index in [4.69, 9.17) is 4.74 Å². The number of ether oxygens (including phenoxy) is 1. The fourth-order valence-electron chi connectivity index (χ4n) is 5.96. The summed E-state index contributed by atoms with van der Waals surface area (Å²) in [5, 5.41) is 14.5. The largest absolute Gasteiger partial charge is 0.391 e. The molecule has 1 heterocycles. The number of carbonyl (C=O) groups excluding carboxylic acids is 1. The quantitative estimate of drug-likeness (QED) is 0.117. The van der Waals surface area contributed by atoms with Crippen LogP contribution in [0.15, 0.2) is 24.3 Å². The molecule has 2 atom stereocenters. The number of aliphatic hydroxyl groups is 1. The Morgan fingerprint density at radius 3 is 1.95 bits per heavy atom. The zero-order valence-electron chi connectivity index (χ0n) is 26.9. The summed E-state index contributed by atoms with van der Waals surface area (Å²) in [4.78, 5) is 15.2. The van der Waals surface area contributed by atoms with E-state index >= 15 is 0 Å². The molecule has 0 radical (unpaired) electrons. The minimum absolute atomic E-state index is 0.0788. The molecule has 1 aliphatic rings. The van der Waals surface area contributed by atoms with E-state index in [0.717, 1.165) is 51.1 Å². The second kappa shape index (κ2) is 24.1. The molecular weight excluding hydrogens is 508 g/mol. The Labute approximate surface area is 253 Å².